The molecule has 0 aliphatic rings. The Morgan fingerprint density at radius 3 is 2.15 bits per heavy atom. The molecular formula is C25H23F3O3SSi. The molecule has 4 rings (SSSR count). The van der Waals surface area contributed by atoms with E-state index < -0.39 is 25.5 Å². The second-order valence-electron chi connectivity index (χ2n) is 8.73. The first-order valence-electron chi connectivity index (χ1n) is 10.3. The van der Waals surface area contributed by atoms with Gasteiger partial charge in [-0.3, -0.25) is 4.18 Å². The first-order valence-corrected chi connectivity index (χ1v) is 14.9. The Bertz CT molecular complexity index is 1380. The fourth-order valence-electron chi connectivity index (χ4n) is 3.98. The molecule has 3 nitrogen and oxygen atoms in total. The predicted octanol–water partition coefficient (Wildman–Crippen LogP) is 6.77. The van der Waals surface area contributed by atoms with Crippen LogP contribution in [0.2, 0.25) is 19.6 Å². The number of halogens is 3. The van der Waals surface area contributed by atoms with Crippen LogP contribution in [-0.2, 0) is 15.3 Å². The number of benzene rings is 4. The summed E-state index contributed by atoms with van der Waals surface area (Å²) in [5.74, 6) is -0.346. The fourth-order valence-corrected chi connectivity index (χ4v) is 5.89. The number of rotatable bonds is 5. The normalized spacial score (nSPS) is 13.4. The Kier molecular flexibility index (Phi) is 6.11. The minimum Gasteiger partial charge on any atom is -0.405 e. The molecule has 1 unspecified atom stereocenters. The first kappa shape index (κ1) is 23.5. The fraction of sp³-hybridized carbons (Fsp3) is 0.200. The lowest BCUT2D eigenvalue weighted by molar-refractivity contribution is -0.274. The van der Waals surface area contributed by atoms with Crippen LogP contribution in [0.5, 0.6) is 5.75 Å². The Morgan fingerprint density at radius 1 is 0.818 bits per heavy atom. The predicted molar refractivity (Wildman–Crippen MR) is 130 cm³/mol. The van der Waals surface area contributed by atoms with Gasteiger partial charge in [0.15, 0.2) is 11.1 Å². The van der Waals surface area contributed by atoms with E-state index in [0.717, 1.165) is 10.8 Å². The van der Waals surface area contributed by atoms with Crippen LogP contribution >= 0.6 is 0 Å². The second kappa shape index (κ2) is 8.59. The van der Waals surface area contributed by atoms with Crippen LogP contribution in [0.4, 0.5) is 13.2 Å². The van der Waals surface area contributed by atoms with Crippen LogP contribution in [-0.4, -0.2) is 25.8 Å². The molecule has 0 aliphatic carbocycles. The van der Waals surface area contributed by atoms with E-state index in [0.29, 0.717) is 16.3 Å². The maximum Gasteiger partial charge on any atom is 0.573 e. The Labute approximate surface area is 193 Å². The molecule has 0 spiro atoms. The molecule has 8 heteroatoms. The number of alkyl halides is 3. The van der Waals surface area contributed by atoms with E-state index in [1.165, 1.54) is 18.4 Å². The zero-order valence-electron chi connectivity index (χ0n) is 18.6. The molecule has 0 saturated heterocycles. The minimum absolute atomic E-state index is 0.240. The maximum atomic E-state index is 13.4. The minimum atomic E-state index is -4.88. The summed E-state index contributed by atoms with van der Waals surface area (Å²) in [6.45, 7) is 6.63. The Hall–Kier alpha value is -2.68. The van der Waals surface area contributed by atoms with Crippen molar-refractivity contribution in [3.63, 3.8) is 0 Å². The average Bonchev–Trinajstić information content (AvgIpc) is 2.76. The first-order chi connectivity index (χ1) is 15.5. The van der Waals surface area contributed by atoms with Crippen LogP contribution in [0.1, 0.15) is 0 Å². The standard InChI is InChI=1S/C25H23F3O3SSi/c1-30-32(29)22-14-10-16-7-5-6-8-19(16)24(22)23-20-12-11-18(33(2,3)4)15-17(20)9-13-21(23)31-25(26,27)28/h5-15H,1-4H3. The molecule has 4 aromatic rings. The molecule has 0 radical (unpaired) electrons. The van der Waals surface area contributed by atoms with Crippen molar-refractivity contribution in [2.45, 2.75) is 30.9 Å². The Morgan fingerprint density at radius 2 is 1.48 bits per heavy atom. The molecule has 0 N–H and O–H groups in total. The number of fused-ring (bicyclic) bond motifs is 2. The van der Waals surface area contributed by atoms with E-state index in [2.05, 4.69) is 24.4 Å². The Balaban J connectivity index is 2.16. The third kappa shape index (κ3) is 4.69. The van der Waals surface area contributed by atoms with Crippen LogP contribution in [0, 0.1) is 0 Å². The summed E-state index contributed by atoms with van der Waals surface area (Å²) in [7, 11) is -0.360. The highest BCUT2D eigenvalue weighted by atomic mass is 32.2. The van der Waals surface area contributed by atoms with Crippen molar-refractivity contribution in [1.29, 1.82) is 0 Å². The van der Waals surface area contributed by atoms with E-state index in [-0.39, 0.29) is 16.2 Å². The number of ether oxygens (including phenoxy) is 1. The van der Waals surface area contributed by atoms with Gasteiger partial charge in [-0.25, -0.2) is 4.21 Å². The summed E-state index contributed by atoms with van der Waals surface area (Å²) in [4.78, 5) is 0.282. The summed E-state index contributed by atoms with van der Waals surface area (Å²) in [6.07, 6.45) is -4.88. The lowest BCUT2D eigenvalue weighted by atomic mass is 9.93. The van der Waals surface area contributed by atoms with Gasteiger partial charge in [0.05, 0.1) is 20.1 Å². The molecule has 0 bridgehead atoms. The summed E-state index contributed by atoms with van der Waals surface area (Å²) < 4.78 is 62.5. The molecule has 33 heavy (non-hydrogen) atoms. The quantitative estimate of drug-likeness (QED) is 0.291. The van der Waals surface area contributed by atoms with Crippen molar-refractivity contribution in [2.75, 3.05) is 7.11 Å². The zero-order valence-corrected chi connectivity index (χ0v) is 20.4. The van der Waals surface area contributed by atoms with E-state index >= 15 is 0 Å². The SMILES string of the molecule is COS(=O)c1ccc2ccccc2c1-c1c(OC(F)(F)F)ccc2cc([Si](C)(C)C)ccc12. The monoisotopic (exact) mass is 488 g/mol. The van der Waals surface area contributed by atoms with Crippen LogP contribution in [0.3, 0.4) is 0 Å². The van der Waals surface area contributed by atoms with Gasteiger partial charge in [0.2, 0.25) is 0 Å². The third-order valence-corrected chi connectivity index (χ3v) is 8.59. The highest BCUT2D eigenvalue weighted by Gasteiger charge is 2.33. The van der Waals surface area contributed by atoms with Gasteiger partial charge in [0, 0.05) is 11.1 Å². The number of hydrogen-bond donors (Lipinski definition) is 0. The molecule has 172 valence electrons. The summed E-state index contributed by atoms with van der Waals surface area (Å²) in [6, 6.07) is 19.5. The van der Waals surface area contributed by atoms with Gasteiger partial charge >= 0.3 is 6.36 Å². The molecule has 0 heterocycles. The van der Waals surface area contributed by atoms with Crippen molar-refractivity contribution < 1.29 is 26.3 Å². The van der Waals surface area contributed by atoms with Gasteiger partial charge in [-0.15, -0.1) is 13.2 Å². The highest BCUT2D eigenvalue weighted by molar-refractivity contribution is 7.80. The number of hydrogen-bond acceptors (Lipinski definition) is 3. The summed E-state index contributed by atoms with van der Waals surface area (Å²) >= 11 is -1.88. The third-order valence-electron chi connectivity index (χ3n) is 5.55. The smallest absolute Gasteiger partial charge is 0.405 e. The molecular weight excluding hydrogens is 465 g/mol. The van der Waals surface area contributed by atoms with Crippen molar-refractivity contribution in [1.82, 2.24) is 0 Å². The highest BCUT2D eigenvalue weighted by Crippen LogP contribution is 2.45. The largest absolute Gasteiger partial charge is 0.573 e. The summed E-state index contributed by atoms with van der Waals surface area (Å²) in [5, 5.41) is 4.03. The molecule has 4 aromatic carbocycles. The summed E-state index contributed by atoms with van der Waals surface area (Å²) in [5.41, 5.74) is 0.642. The van der Waals surface area contributed by atoms with Gasteiger partial charge in [0.25, 0.3) is 0 Å². The van der Waals surface area contributed by atoms with E-state index in [1.807, 2.05) is 30.3 Å². The lowest BCUT2D eigenvalue weighted by Gasteiger charge is -2.21. The van der Waals surface area contributed by atoms with Crippen molar-refractivity contribution in [3.05, 3.63) is 66.7 Å². The van der Waals surface area contributed by atoms with E-state index in [9.17, 15) is 17.4 Å². The van der Waals surface area contributed by atoms with Gasteiger partial charge in [-0.05, 0) is 33.7 Å². The second-order valence-corrected chi connectivity index (χ2v) is 15.1. The van der Waals surface area contributed by atoms with Gasteiger partial charge < -0.3 is 4.74 Å². The lowest BCUT2D eigenvalue weighted by Crippen LogP contribution is -2.37. The molecule has 0 fully saturated rings. The van der Waals surface area contributed by atoms with Crippen LogP contribution in [0.25, 0.3) is 32.7 Å². The van der Waals surface area contributed by atoms with Crippen LogP contribution in [0.15, 0.2) is 71.6 Å². The van der Waals surface area contributed by atoms with Crippen molar-refractivity contribution in [2.24, 2.45) is 0 Å². The van der Waals surface area contributed by atoms with Gasteiger partial charge in [0.1, 0.15) is 5.75 Å². The van der Waals surface area contributed by atoms with Crippen molar-refractivity contribution in [3.8, 4) is 16.9 Å². The van der Waals surface area contributed by atoms with Crippen LogP contribution < -0.4 is 9.92 Å². The molecule has 1 atom stereocenters. The molecule has 0 aromatic heterocycles. The maximum absolute atomic E-state index is 13.4. The molecule has 0 amide bonds. The zero-order chi connectivity index (χ0) is 24.0. The van der Waals surface area contributed by atoms with Crippen molar-refractivity contribution >= 4 is 45.9 Å². The van der Waals surface area contributed by atoms with Gasteiger partial charge in [-0.1, -0.05) is 79.4 Å². The molecule has 0 saturated carbocycles. The van der Waals surface area contributed by atoms with E-state index in [4.69, 9.17) is 4.18 Å². The topological polar surface area (TPSA) is 35.5 Å². The van der Waals surface area contributed by atoms with E-state index in [1.54, 1.807) is 30.3 Å². The average molecular weight is 489 g/mol. The van der Waals surface area contributed by atoms with Gasteiger partial charge in [-0.2, -0.15) is 0 Å². The molecule has 0 aliphatic heterocycles.